The second kappa shape index (κ2) is 5.03. The fraction of sp³-hybridized carbons (Fsp3) is 0. The lowest BCUT2D eigenvalue weighted by molar-refractivity contribution is 1.27. The van der Waals surface area contributed by atoms with Crippen LogP contribution in [-0.2, 0) is 0 Å². The van der Waals surface area contributed by atoms with Gasteiger partial charge < -0.3 is 5.73 Å². The van der Waals surface area contributed by atoms with Gasteiger partial charge in [0, 0.05) is 16.1 Å². The highest BCUT2D eigenvalue weighted by Gasteiger charge is 2.14. The van der Waals surface area contributed by atoms with Crippen molar-refractivity contribution in [2.24, 2.45) is 0 Å². The summed E-state index contributed by atoms with van der Waals surface area (Å²) in [6.07, 6.45) is 0. The summed E-state index contributed by atoms with van der Waals surface area (Å²) in [5.41, 5.74) is 7.15. The van der Waals surface area contributed by atoms with Crippen LogP contribution in [0.3, 0.4) is 0 Å². The number of hydrogen-bond acceptors (Lipinski definition) is 3. The van der Waals surface area contributed by atoms with Crippen LogP contribution in [0.2, 0.25) is 15.1 Å². The molecule has 0 aliphatic heterocycles. The van der Waals surface area contributed by atoms with E-state index in [1.807, 2.05) is 6.07 Å². The van der Waals surface area contributed by atoms with Crippen molar-refractivity contribution in [3.8, 4) is 17.2 Å². The summed E-state index contributed by atoms with van der Waals surface area (Å²) in [5.74, 6) is 0.195. The highest BCUT2D eigenvalue weighted by molar-refractivity contribution is 6.42. The van der Waals surface area contributed by atoms with E-state index in [0.717, 1.165) is 0 Å². The van der Waals surface area contributed by atoms with Gasteiger partial charge in [0.1, 0.15) is 17.6 Å². The summed E-state index contributed by atoms with van der Waals surface area (Å²) in [4.78, 5) is 3.94. The number of pyridine rings is 1. The zero-order chi connectivity index (χ0) is 13.3. The molecule has 1 heterocycles. The molecule has 18 heavy (non-hydrogen) atoms. The van der Waals surface area contributed by atoms with Crippen molar-refractivity contribution >= 4 is 40.6 Å². The minimum atomic E-state index is 0.195. The number of nitrogens with zero attached hydrogens (tertiary/aromatic N) is 2. The van der Waals surface area contributed by atoms with Crippen molar-refractivity contribution < 1.29 is 0 Å². The molecule has 0 saturated carbocycles. The summed E-state index contributed by atoms with van der Waals surface area (Å²) >= 11 is 18.0. The SMILES string of the molecule is N#Cc1ccc(-c2c(Cl)cc(Cl)cc2Cl)c(N)n1. The van der Waals surface area contributed by atoms with E-state index in [0.29, 0.717) is 26.2 Å². The Bertz CT molecular complexity index is 639. The second-order valence-electron chi connectivity index (χ2n) is 3.49. The number of anilines is 1. The molecule has 2 N–H and O–H groups in total. The highest BCUT2D eigenvalue weighted by atomic mass is 35.5. The van der Waals surface area contributed by atoms with Crippen molar-refractivity contribution in [1.29, 1.82) is 5.26 Å². The third kappa shape index (κ3) is 2.37. The Balaban J connectivity index is 2.67. The number of nitrogens with two attached hydrogens (primary N) is 1. The molecular formula is C12H6Cl3N3. The third-order valence-electron chi connectivity index (χ3n) is 2.32. The normalized spacial score (nSPS) is 10.1. The monoisotopic (exact) mass is 297 g/mol. The van der Waals surface area contributed by atoms with Crippen LogP contribution in [0, 0.1) is 11.3 Å². The first-order valence-corrected chi connectivity index (χ1v) is 5.98. The summed E-state index contributed by atoms with van der Waals surface area (Å²) in [5, 5.41) is 9.93. The van der Waals surface area contributed by atoms with Crippen LogP contribution in [0.1, 0.15) is 5.69 Å². The van der Waals surface area contributed by atoms with Crippen molar-refractivity contribution in [3.05, 3.63) is 45.0 Å². The van der Waals surface area contributed by atoms with Gasteiger partial charge in [-0.05, 0) is 24.3 Å². The van der Waals surface area contributed by atoms with E-state index >= 15 is 0 Å². The second-order valence-corrected chi connectivity index (χ2v) is 4.74. The molecular weight excluding hydrogens is 293 g/mol. The van der Waals surface area contributed by atoms with E-state index in [1.165, 1.54) is 0 Å². The largest absolute Gasteiger partial charge is 0.383 e. The van der Waals surface area contributed by atoms with Gasteiger partial charge in [0.2, 0.25) is 0 Å². The Morgan fingerprint density at radius 2 is 1.72 bits per heavy atom. The Labute approximate surface area is 119 Å². The number of halogens is 3. The zero-order valence-corrected chi connectivity index (χ0v) is 11.2. The maximum absolute atomic E-state index is 8.73. The van der Waals surface area contributed by atoms with E-state index in [1.54, 1.807) is 24.3 Å². The molecule has 0 spiro atoms. The van der Waals surface area contributed by atoms with E-state index in [-0.39, 0.29) is 11.5 Å². The number of nitrogen functional groups attached to an aromatic ring is 1. The van der Waals surface area contributed by atoms with Gasteiger partial charge in [-0.25, -0.2) is 4.98 Å². The van der Waals surface area contributed by atoms with Crippen LogP contribution in [0.15, 0.2) is 24.3 Å². The van der Waals surface area contributed by atoms with Crippen molar-refractivity contribution in [2.45, 2.75) is 0 Å². The molecule has 6 heteroatoms. The smallest absolute Gasteiger partial charge is 0.142 e. The molecule has 3 nitrogen and oxygen atoms in total. The average molecular weight is 299 g/mol. The molecule has 0 bridgehead atoms. The Kier molecular flexibility index (Phi) is 3.63. The van der Waals surface area contributed by atoms with E-state index < -0.39 is 0 Å². The van der Waals surface area contributed by atoms with Gasteiger partial charge in [0.25, 0.3) is 0 Å². The number of benzene rings is 1. The van der Waals surface area contributed by atoms with Crippen LogP contribution < -0.4 is 5.73 Å². The molecule has 0 saturated heterocycles. The van der Waals surface area contributed by atoms with E-state index in [4.69, 9.17) is 45.8 Å². The molecule has 90 valence electrons. The molecule has 0 unspecified atom stereocenters. The van der Waals surface area contributed by atoms with Crippen molar-refractivity contribution in [3.63, 3.8) is 0 Å². The van der Waals surface area contributed by atoms with Crippen LogP contribution in [0.5, 0.6) is 0 Å². The van der Waals surface area contributed by atoms with Gasteiger partial charge >= 0.3 is 0 Å². The molecule has 0 amide bonds. The molecule has 0 aliphatic rings. The molecule has 2 aromatic rings. The first kappa shape index (κ1) is 13.0. The van der Waals surface area contributed by atoms with Gasteiger partial charge in [-0.15, -0.1) is 0 Å². The number of nitriles is 1. The summed E-state index contributed by atoms with van der Waals surface area (Å²) < 4.78 is 0. The molecule has 0 fully saturated rings. The van der Waals surface area contributed by atoms with Crippen LogP contribution in [0.4, 0.5) is 5.82 Å². The van der Waals surface area contributed by atoms with Gasteiger partial charge in [0.15, 0.2) is 0 Å². The van der Waals surface area contributed by atoms with Crippen LogP contribution in [-0.4, -0.2) is 4.98 Å². The quantitative estimate of drug-likeness (QED) is 0.859. The van der Waals surface area contributed by atoms with Crippen molar-refractivity contribution in [1.82, 2.24) is 4.98 Å². The minimum absolute atomic E-state index is 0.195. The summed E-state index contributed by atoms with van der Waals surface area (Å²) in [6, 6.07) is 8.25. The number of aromatic nitrogens is 1. The number of hydrogen-bond donors (Lipinski definition) is 1. The summed E-state index contributed by atoms with van der Waals surface area (Å²) in [7, 11) is 0. The lowest BCUT2D eigenvalue weighted by atomic mass is 10.1. The number of rotatable bonds is 1. The van der Waals surface area contributed by atoms with E-state index in [9.17, 15) is 0 Å². The molecule has 0 radical (unpaired) electrons. The predicted molar refractivity (Wildman–Crippen MR) is 73.8 cm³/mol. The van der Waals surface area contributed by atoms with E-state index in [2.05, 4.69) is 4.98 Å². The molecule has 1 aromatic heterocycles. The lowest BCUT2D eigenvalue weighted by Gasteiger charge is -2.10. The third-order valence-corrected chi connectivity index (χ3v) is 3.13. The highest BCUT2D eigenvalue weighted by Crippen LogP contribution is 2.39. The molecule has 1 aromatic carbocycles. The Morgan fingerprint density at radius 3 is 2.22 bits per heavy atom. The zero-order valence-electron chi connectivity index (χ0n) is 8.92. The Hall–Kier alpha value is -1.47. The standard InChI is InChI=1S/C12H6Cl3N3/c13-6-3-9(14)11(10(15)4-6)8-2-1-7(5-16)18-12(8)17/h1-4H,(H2,17,18). The van der Waals surface area contributed by atoms with Gasteiger partial charge in [0.05, 0.1) is 10.0 Å². The average Bonchev–Trinajstić information content (AvgIpc) is 2.29. The first-order chi connectivity index (χ1) is 8.52. The molecule has 2 rings (SSSR count). The fourth-order valence-electron chi connectivity index (χ4n) is 1.55. The summed E-state index contributed by atoms with van der Waals surface area (Å²) in [6.45, 7) is 0. The minimum Gasteiger partial charge on any atom is -0.383 e. The maximum Gasteiger partial charge on any atom is 0.142 e. The van der Waals surface area contributed by atoms with Gasteiger partial charge in [-0.1, -0.05) is 34.8 Å². The topological polar surface area (TPSA) is 62.7 Å². The van der Waals surface area contributed by atoms with Gasteiger partial charge in [-0.2, -0.15) is 5.26 Å². The van der Waals surface area contributed by atoms with Gasteiger partial charge in [-0.3, -0.25) is 0 Å². The lowest BCUT2D eigenvalue weighted by Crippen LogP contribution is -1.97. The van der Waals surface area contributed by atoms with Crippen LogP contribution in [0.25, 0.3) is 11.1 Å². The maximum atomic E-state index is 8.73. The fourth-order valence-corrected chi connectivity index (χ4v) is 2.57. The van der Waals surface area contributed by atoms with Crippen LogP contribution >= 0.6 is 34.8 Å². The molecule has 0 atom stereocenters. The first-order valence-electron chi connectivity index (χ1n) is 4.84. The van der Waals surface area contributed by atoms with Crippen molar-refractivity contribution in [2.75, 3.05) is 5.73 Å². The molecule has 0 aliphatic carbocycles. The Morgan fingerprint density at radius 1 is 1.11 bits per heavy atom. The predicted octanol–water partition coefficient (Wildman–Crippen LogP) is 4.16.